The quantitative estimate of drug-likeness (QED) is 0.881. The minimum Gasteiger partial charge on any atom is -0.350 e. The Labute approximate surface area is 112 Å². The lowest BCUT2D eigenvalue weighted by atomic mass is 10.1. The van der Waals surface area contributed by atoms with Gasteiger partial charge in [-0.2, -0.15) is 0 Å². The molecule has 1 aromatic rings. The van der Waals surface area contributed by atoms with Gasteiger partial charge in [0.15, 0.2) is 0 Å². The SMILES string of the molecule is CC(C)(C)NC(=O)CNC(=O)c1ccc(Cl)cc1. The number of amides is 2. The Morgan fingerprint density at radius 2 is 1.72 bits per heavy atom. The first kappa shape index (κ1) is 14.5. The third kappa shape index (κ3) is 5.19. The first-order chi connectivity index (χ1) is 8.28. The minimum atomic E-state index is -0.303. The van der Waals surface area contributed by atoms with Crippen molar-refractivity contribution >= 4 is 23.4 Å². The van der Waals surface area contributed by atoms with Gasteiger partial charge in [-0.05, 0) is 45.0 Å². The molecule has 0 aliphatic carbocycles. The summed E-state index contributed by atoms with van der Waals surface area (Å²) in [6.45, 7) is 5.60. The molecule has 4 nitrogen and oxygen atoms in total. The number of nitrogens with one attached hydrogen (secondary N) is 2. The Morgan fingerprint density at radius 3 is 2.22 bits per heavy atom. The molecule has 0 radical (unpaired) electrons. The first-order valence-electron chi connectivity index (χ1n) is 5.63. The highest BCUT2D eigenvalue weighted by molar-refractivity contribution is 6.30. The number of benzene rings is 1. The highest BCUT2D eigenvalue weighted by Gasteiger charge is 2.14. The summed E-state index contributed by atoms with van der Waals surface area (Å²) >= 11 is 5.72. The predicted molar refractivity (Wildman–Crippen MR) is 71.7 cm³/mol. The van der Waals surface area contributed by atoms with E-state index in [2.05, 4.69) is 10.6 Å². The molecule has 0 saturated heterocycles. The fourth-order valence-corrected chi connectivity index (χ4v) is 1.45. The Bertz CT molecular complexity index is 435. The molecule has 5 heteroatoms. The van der Waals surface area contributed by atoms with Crippen LogP contribution in [0.1, 0.15) is 31.1 Å². The van der Waals surface area contributed by atoms with Crippen molar-refractivity contribution in [3.8, 4) is 0 Å². The zero-order valence-electron chi connectivity index (χ0n) is 10.7. The fourth-order valence-electron chi connectivity index (χ4n) is 1.33. The summed E-state index contributed by atoms with van der Waals surface area (Å²) in [5.74, 6) is -0.513. The lowest BCUT2D eigenvalue weighted by Crippen LogP contribution is -2.45. The van der Waals surface area contributed by atoms with Crippen LogP contribution >= 0.6 is 11.6 Å². The average molecular weight is 269 g/mol. The van der Waals surface area contributed by atoms with Crippen molar-refractivity contribution in [2.75, 3.05) is 6.54 Å². The summed E-state index contributed by atoms with van der Waals surface area (Å²) < 4.78 is 0. The molecular formula is C13H17ClN2O2. The van der Waals surface area contributed by atoms with Crippen LogP contribution in [-0.4, -0.2) is 23.9 Å². The lowest BCUT2D eigenvalue weighted by Gasteiger charge is -2.20. The molecule has 18 heavy (non-hydrogen) atoms. The van der Waals surface area contributed by atoms with Crippen LogP contribution in [0.15, 0.2) is 24.3 Å². The second kappa shape index (κ2) is 5.87. The van der Waals surface area contributed by atoms with E-state index >= 15 is 0 Å². The van der Waals surface area contributed by atoms with Crippen molar-refractivity contribution in [2.24, 2.45) is 0 Å². The summed E-state index contributed by atoms with van der Waals surface area (Å²) in [5.41, 5.74) is 0.171. The van der Waals surface area contributed by atoms with Gasteiger partial charge in [0.2, 0.25) is 5.91 Å². The van der Waals surface area contributed by atoms with E-state index in [1.165, 1.54) is 0 Å². The highest BCUT2D eigenvalue weighted by atomic mass is 35.5. The Morgan fingerprint density at radius 1 is 1.17 bits per heavy atom. The van der Waals surface area contributed by atoms with Crippen LogP contribution in [0.2, 0.25) is 5.02 Å². The van der Waals surface area contributed by atoms with Gasteiger partial charge in [-0.25, -0.2) is 0 Å². The van der Waals surface area contributed by atoms with Crippen molar-refractivity contribution in [1.29, 1.82) is 0 Å². The highest BCUT2D eigenvalue weighted by Crippen LogP contribution is 2.09. The number of carbonyl (C=O) groups excluding carboxylic acids is 2. The first-order valence-corrected chi connectivity index (χ1v) is 6.00. The normalized spacial score (nSPS) is 10.9. The summed E-state index contributed by atoms with van der Waals surface area (Å²) in [6.07, 6.45) is 0. The maximum absolute atomic E-state index is 11.7. The van der Waals surface area contributed by atoms with Gasteiger partial charge >= 0.3 is 0 Å². The summed E-state index contributed by atoms with van der Waals surface area (Å²) in [4.78, 5) is 23.2. The largest absolute Gasteiger partial charge is 0.350 e. The van der Waals surface area contributed by atoms with E-state index in [1.54, 1.807) is 24.3 Å². The van der Waals surface area contributed by atoms with Crippen molar-refractivity contribution in [3.05, 3.63) is 34.9 Å². The molecule has 2 amide bonds. The van der Waals surface area contributed by atoms with E-state index in [4.69, 9.17) is 11.6 Å². The molecule has 0 aliphatic heterocycles. The average Bonchev–Trinajstić information content (AvgIpc) is 2.24. The number of carbonyl (C=O) groups is 2. The zero-order chi connectivity index (χ0) is 13.8. The van der Waals surface area contributed by atoms with Crippen molar-refractivity contribution in [1.82, 2.24) is 10.6 Å². The van der Waals surface area contributed by atoms with E-state index in [-0.39, 0.29) is 23.9 Å². The second-order valence-corrected chi connectivity index (χ2v) is 5.42. The summed E-state index contributed by atoms with van der Waals surface area (Å²) in [6, 6.07) is 6.48. The summed E-state index contributed by atoms with van der Waals surface area (Å²) in [7, 11) is 0. The Kier molecular flexibility index (Phi) is 4.73. The van der Waals surface area contributed by atoms with Gasteiger partial charge in [-0.3, -0.25) is 9.59 Å². The molecule has 0 aromatic heterocycles. The van der Waals surface area contributed by atoms with Gasteiger partial charge in [0, 0.05) is 16.1 Å². The van der Waals surface area contributed by atoms with Crippen molar-refractivity contribution in [2.45, 2.75) is 26.3 Å². The van der Waals surface area contributed by atoms with Gasteiger partial charge in [-0.1, -0.05) is 11.6 Å². The molecular weight excluding hydrogens is 252 g/mol. The van der Waals surface area contributed by atoms with Crippen LogP contribution in [0, 0.1) is 0 Å². The van der Waals surface area contributed by atoms with Gasteiger partial charge in [0.1, 0.15) is 0 Å². The molecule has 0 atom stereocenters. The van der Waals surface area contributed by atoms with E-state index in [9.17, 15) is 9.59 Å². The zero-order valence-corrected chi connectivity index (χ0v) is 11.5. The molecule has 0 bridgehead atoms. The van der Waals surface area contributed by atoms with Crippen LogP contribution in [0.25, 0.3) is 0 Å². The Balaban J connectivity index is 2.47. The van der Waals surface area contributed by atoms with E-state index in [1.807, 2.05) is 20.8 Å². The smallest absolute Gasteiger partial charge is 0.251 e. The third-order valence-corrected chi connectivity index (χ3v) is 2.28. The molecule has 1 rings (SSSR count). The van der Waals surface area contributed by atoms with Gasteiger partial charge < -0.3 is 10.6 Å². The van der Waals surface area contributed by atoms with E-state index < -0.39 is 0 Å². The molecule has 0 unspecified atom stereocenters. The summed E-state index contributed by atoms with van der Waals surface area (Å²) in [5, 5.41) is 5.87. The Hall–Kier alpha value is -1.55. The molecule has 98 valence electrons. The standard InChI is InChI=1S/C13H17ClN2O2/c1-13(2,3)16-11(17)8-15-12(18)9-4-6-10(14)7-5-9/h4-7H,8H2,1-3H3,(H,15,18)(H,16,17). The predicted octanol–water partition coefficient (Wildman–Crippen LogP) is 1.98. The maximum Gasteiger partial charge on any atom is 0.251 e. The van der Waals surface area contributed by atoms with Crippen LogP contribution in [0.5, 0.6) is 0 Å². The van der Waals surface area contributed by atoms with E-state index in [0.717, 1.165) is 0 Å². The van der Waals surface area contributed by atoms with E-state index in [0.29, 0.717) is 10.6 Å². The van der Waals surface area contributed by atoms with Gasteiger partial charge in [0.05, 0.1) is 6.54 Å². The van der Waals surface area contributed by atoms with Crippen LogP contribution in [-0.2, 0) is 4.79 Å². The van der Waals surface area contributed by atoms with Crippen LogP contribution < -0.4 is 10.6 Å². The van der Waals surface area contributed by atoms with Gasteiger partial charge in [-0.15, -0.1) is 0 Å². The van der Waals surface area contributed by atoms with Crippen LogP contribution in [0.4, 0.5) is 0 Å². The molecule has 2 N–H and O–H groups in total. The topological polar surface area (TPSA) is 58.2 Å². The molecule has 0 saturated carbocycles. The number of hydrogen-bond donors (Lipinski definition) is 2. The minimum absolute atomic E-state index is 0.0429. The molecule has 0 spiro atoms. The monoisotopic (exact) mass is 268 g/mol. The molecule has 0 fully saturated rings. The number of halogens is 1. The van der Waals surface area contributed by atoms with Crippen molar-refractivity contribution in [3.63, 3.8) is 0 Å². The lowest BCUT2D eigenvalue weighted by molar-refractivity contribution is -0.121. The maximum atomic E-state index is 11.7. The number of rotatable bonds is 3. The van der Waals surface area contributed by atoms with Gasteiger partial charge in [0.25, 0.3) is 5.91 Å². The number of hydrogen-bond acceptors (Lipinski definition) is 2. The molecule has 0 heterocycles. The van der Waals surface area contributed by atoms with Crippen molar-refractivity contribution < 1.29 is 9.59 Å². The molecule has 1 aromatic carbocycles. The fraction of sp³-hybridized carbons (Fsp3) is 0.385. The molecule has 0 aliphatic rings. The van der Waals surface area contributed by atoms with Crippen LogP contribution in [0.3, 0.4) is 0 Å². The third-order valence-electron chi connectivity index (χ3n) is 2.03. The second-order valence-electron chi connectivity index (χ2n) is 4.99.